The third kappa shape index (κ3) is 6.88. The second-order valence-corrected chi connectivity index (χ2v) is 18.1. The number of aromatic nitrogens is 4. The quantitative estimate of drug-likeness (QED) is 0.153. The van der Waals surface area contributed by atoms with Gasteiger partial charge < -0.3 is 4.57 Å². The first kappa shape index (κ1) is 39.6. The normalized spacial score (nSPS) is 11.5. The maximum atomic E-state index is 5.46. The van der Waals surface area contributed by atoms with Gasteiger partial charge in [-0.1, -0.05) is 200 Å². The van der Waals surface area contributed by atoms with Crippen molar-refractivity contribution < 1.29 is 0 Å². The van der Waals surface area contributed by atoms with E-state index in [9.17, 15) is 0 Å². The molecular weight excluding hydrogens is 845 g/mol. The minimum absolute atomic E-state index is 0.685. The number of hydrogen-bond donors (Lipinski definition) is 0. The van der Waals surface area contributed by atoms with Crippen LogP contribution in [0, 0.1) is 0 Å². The lowest BCUT2D eigenvalue weighted by molar-refractivity contribution is 1.16. The molecule has 318 valence electrons. The number of rotatable bonds is 8. The SMILES string of the molecule is c1ccc(-c2nc(-c3ccc(-c4cccc(-c5nc6ccccc6c6sc(-c7ccccc7)c(-c7ccccc7)c56)c4)cc3)cc(-c3cccc(-n4c5ccccc5c5ccccc54)c3)n2)cc1. The molecule has 13 aromatic rings. The van der Waals surface area contributed by atoms with Crippen LogP contribution in [0.3, 0.4) is 0 Å². The van der Waals surface area contributed by atoms with Crippen molar-refractivity contribution in [2.45, 2.75) is 0 Å². The molecule has 0 fully saturated rings. The Labute approximate surface area is 397 Å². The lowest BCUT2D eigenvalue weighted by Crippen LogP contribution is -1.98. The maximum absolute atomic E-state index is 5.46. The van der Waals surface area contributed by atoms with E-state index in [1.807, 2.05) is 29.5 Å². The molecule has 0 saturated heterocycles. The summed E-state index contributed by atoms with van der Waals surface area (Å²) in [6, 6.07) is 86.0. The average Bonchev–Trinajstić information content (AvgIpc) is 3.99. The predicted molar refractivity (Wildman–Crippen MR) is 285 cm³/mol. The number of fused-ring (bicyclic) bond motifs is 6. The fraction of sp³-hybridized carbons (Fsp3) is 0. The molecule has 0 spiro atoms. The molecular formula is C63H40N4S. The lowest BCUT2D eigenvalue weighted by atomic mass is 9.93. The lowest BCUT2D eigenvalue weighted by Gasteiger charge is -2.13. The zero-order chi connectivity index (χ0) is 45.0. The standard InChI is InChI=1S/C63H40N4S/c1-4-18-43(19-5-1)58-59-60(64-53-31-13-10-30-52(53)62(59)68-61(58)44-20-6-2-7-21-44)48-26-16-24-46(38-48)41-34-36-42(37-35-41)54-40-55(66-63(65-54)45-22-8-3-9-23-45)47-25-17-27-49(39-47)67-56-32-14-11-28-50(56)51-29-12-15-33-57(51)67/h1-40H. The van der Waals surface area contributed by atoms with Gasteiger partial charge in [0.15, 0.2) is 5.82 Å². The molecule has 4 aromatic heterocycles. The van der Waals surface area contributed by atoms with Crippen LogP contribution in [0.2, 0.25) is 0 Å². The summed E-state index contributed by atoms with van der Waals surface area (Å²) >= 11 is 1.86. The van der Waals surface area contributed by atoms with Crippen molar-refractivity contribution in [1.29, 1.82) is 0 Å². The molecule has 0 atom stereocenters. The van der Waals surface area contributed by atoms with Crippen LogP contribution in [0.15, 0.2) is 243 Å². The molecule has 4 heterocycles. The Hall–Kier alpha value is -8.77. The summed E-state index contributed by atoms with van der Waals surface area (Å²) in [5.41, 5.74) is 17.0. The van der Waals surface area contributed by atoms with Crippen molar-refractivity contribution in [1.82, 2.24) is 19.5 Å². The first-order chi connectivity index (χ1) is 33.7. The van der Waals surface area contributed by atoms with Crippen LogP contribution in [0.25, 0.3) is 126 Å². The van der Waals surface area contributed by atoms with Gasteiger partial charge in [0, 0.05) is 64.6 Å². The highest BCUT2D eigenvalue weighted by molar-refractivity contribution is 7.24. The molecule has 0 aliphatic heterocycles. The molecule has 68 heavy (non-hydrogen) atoms. The second kappa shape index (κ2) is 16.6. The number of benzene rings is 9. The molecule has 5 heteroatoms. The second-order valence-electron chi connectivity index (χ2n) is 17.1. The van der Waals surface area contributed by atoms with E-state index in [0.29, 0.717) is 5.82 Å². The van der Waals surface area contributed by atoms with Gasteiger partial charge in [0.2, 0.25) is 0 Å². The Morgan fingerprint density at radius 2 is 0.868 bits per heavy atom. The van der Waals surface area contributed by atoms with Crippen molar-refractivity contribution in [3.8, 4) is 83.5 Å². The molecule has 0 radical (unpaired) electrons. The van der Waals surface area contributed by atoms with Gasteiger partial charge in [0.1, 0.15) is 0 Å². The highest BCUT2D eigenvalue weighted by Gasteiger charge is 2.23. The molecule has 4 nitrogen and oxygen atoms in total. The minimum atomic E-state index is 0.685. The van der Waals surface area contributed by atoms with Gasteiger partial charge in [-0.15, -0.1) is 11.3 Å². The molecule has 0 unspecified atom stereocenters. The number of hydrogen-bond acceptors (Lipinski definition) is 4. The molecule has 0 saturated carbocycles. The Balaban J connectivity index is 0.911. The summed E-state index contributed by atoms with van der Waals surface area (Å²) < 4.78 is 3.60. The van der Waals surface area contributed by atoms with Gasteiger partial charge >= 0.3 is 0 Å². The van der Waals surface area contributed by atoms with Crippen molar-refractivity contribution in [2.75, 3.05) is 0 Å². The van der Waals surface area contributed by atoms with Gasteiger partial charge in [-0.25, -0.2) is 15.0 Å². The first-order valence-corrected chi connectivity index (χ1v) is 23.7. The summed E-state index contributed by atoms with van der Waals surface area (Å²) in [7, 11) is 0. The summed E-state index contributed by atoms with van der Waals surface area (Å²) in [4.78, 5) is 17.1. The van der Waals surface area contributed by atoms with E-state index < -0.39 is 0 Å². The van der Waals surface area contributed by atoms with Gasteiger partial charge in [-0.05, 0) is 64.7 Å². The summed E-state index contributed by atoms with van der Waals surface area (Å²) in [5.74, 6) is 0.685. The van der Waals surface area contributed by atoms with Gasteiger partial charge in [-0.2, -0.15) is 0 Å². The average molecular weight is 885 g/mol. The van der Waals surface area contributed by atoms with Crippen LogP contribution < -0.4 is 0 Å². The van der Waals surface area contributed by atoms with Gasteiger partial charge in [0.25, 0.3) is 0 Å². The van der Waals surface area contributed by atoms with E-state index in [1.165, 1.54) is 58.8 Å². The van der Waals surface area contributed by atoms with Crippen LogP contribution in [0.1, 0.15) is 0 Å². The molecule has 13 rings (SSSR count). The maximum Gasteiger partial charge on any atom is 0.160 e. The van der Waals surface area contributed by atoms with E-state index in [1.54, 1.807) is 0 Å². The number of para-hydroxylation sites is 3. The molecule has 0 aliphatic rings. The fourth-order valence-corrected chi connectivity index (χ4v) is 11.2. The smallest absolute Gasteiger partial charge is 0.160 e. The van der Waals surface area contributed by atoms with Crippen LogP contribution in [0.5, 0.6) is 0 Å². The van der Waals surface area contributed by atoms with Gasteiger partial charge in [0.05, 0.1) is 33.6 Å². The largest absolute Gasteiger partial charge is 0.309 e. The first-order valence-electron chi connectivity index (χ1n) is 22.9. The number of pyridine rings is 1. The Morgan fingerprint density at radius 1 is 0.338 bits per heavy atom. The Bertz CT molecular complexity index is 3950. The van der Waals surface area contributed by atoms with Crippen LogP contribution in [-0.2, 0) is 0 Å². The summed E-state index contributed by atoms with van der Waals surface area (Å²) in [6.07, 6.45) is 0. The molecule has 0 amide bonds. The Kier molecular flexibility index (Phi) is 9.66. The van der Waals surface area contributed by atoms with Gasteiger partial charge in [-0.3, -0.25) is 0 Å². The molecule has 0 bridgehead atoms. The highest BCUT2D eigenvalue weighted by atomic mass is 32.1. The highest BCUT2D eigenvalue weighted by Crippen LogP contribution is 2.50. The zero-order valence-corrected chi connectivity index (χ0v) is 37.6. The topological polar surface area (TPSA) is 43.6 Å². The van der Waals surface area contributed by atoms with Crippen molar-refractivity contribution in [2.24, 2.45) is 0 Å². The van der Waals surface area contributed by atoms with E-state index in [4.69, 9.17) is 15.0 Å². The molecule has 0 aliphatic carbocycles. The third-order valence-electron chi connectivity index (χ3n) is 13.0. The number of thiophene rings is 1. The summed E-state index contributed by atoms with van der Waals surface area (Å²) in [5, 5.41) is 4.82. The van der Waals surface area contributed by atoms with Crippen molar-refractivity contribution >= 4 is 54.1 Å². The number of nitrogens with zero attached hydrogens (tertiary/aromatic N) is 4. The minimum Gasteiger partial charge on any atom is -0.309 e. The van der Waals surface area contributed by atoms with Crippen LogP contribution >= 0.6 is 11.3 Å². The van der Waals surface area contributed by atoms with Crippen molar-refractivity contribution in [3.63, 3.8) is 0 Å². The monoisotopic (exact) mass is 884 g/mol. The zero-order valence-electron chi connectivity index (χ0n) is 36.8. The Morgan fingerprint density at radius 3 is 1.57 bits per heavy atom. The van der Waals surface area contributed by atoms with Crippen molar-refractivity contribution in [3.05, 3.63) is 243 Å². The molecule has 0 N–H and O–H groups in total. The van der Waals surface area contributed by atoms with E-state index >= 15 is 0 Å². The fourth-order valence-electron chi connectivity index (χ4n) is 9.81. The van der Waals surface area contributed by atoms with E-state index in [0.717, 1.165) is 61.7 Å². The molecule has 9 aromatic carbocycles. The summed E-state index contributed by atoms with van der Waals surface area (Å²) in [6.45, 7) is 0. The van der Waals surface area contributed by atoms with Crippen LogP contribution in [0.4, 0.5) is 0 Å². The van der Waals surface area contributed by atoms with Crippen LogP contribution in [-0.4, -0.2) is 19.5 Å². The van der Waals surface area contributed by atoms with E-state index in [2.05, 4.69) is 229 Å². The van der Waals surface area contributed by atoms with E-state index in [-0.39, 0.29) is 0 Å². The predicted octanol–water partition coefficient (Wildman–Crippen LogP) is 17.0. The third-order valence-corrected chi connectivity index (χ3v) is 14.3.